The van der Waals surface area contributed by atoms with E-state index in [-0.39, 0.29) is 0 Å². The Balaban J connectivity index is 2.37. The van der Waals surface area contributed by atoms with Gasteiger partial charge < -0.3 is 4.90 Å². The summed E-state index contributed by atoms with van der Waals surface area (Å²) in [6, 6.07) is 9.89. The van der Waals surface area contributed by atoms with E-state index >= 15 is 0 Å². The highest BCUT2D eigenvalue weighted by molar-refractivity contribution is 6.31. The van der Waals surface area contributed by atoms with Crippen LogP contribution in [0.25, 0.3) is 0 Å². The van der Waals surface area contributed by atoms with Crippen LogP contribution in [0.2, 0.25) is 5.15 Å². The molecule has 2 aromatic rings. The van der Waals surface area contributed by atoms with Gasteiger partial charge in [0.05, 0.1) is 0 Å². The molecule has 1 aromatic carbocycles. The van der Waals surface area contributed by atoms with Crippen molar-refractivity contribution in [1.29, 1.82) is 0 Å². The smallest absolute Gasteiger partial charge is 0.172 e. The molecule has 1 heterocycles. The van der Waals surface area contributed by atoms with Gasteiger partial charge in [-0.15, -0.1) is 0 Å². The maximum atomic E-state index is 5.95. The Labute approximate surface area is 93.4 Å². The molecular formula is C11H10ClN3. The van der Waals surface area contributed by atoms with E-state index in [1.165, 1.54) is 0 Å². The van der Waals surface area contributed by atoms with Gasteiger partial charge in [-0.05, 0) is 12.1 Å². The van der Waals surface area contributed by atoms with Crippen LogP contribution >= 0.6 is 11.6 Å². The zero-order valence-corrected chi connectivity index (χ0v) is 9.02. The van der Waals surface area contributed by atoms with Crippen molar-refractivity contribution < 1.29 is 0 Å². The molecule has 0 amide bonds. The van der Waals surface area contributed by atoms with E-state index < -0.39 is 0 Å². The molecule has 0 N–H and O–H groups in total. The van der Waals surface area contributed by atoms with E-state index in [9.17, 15) is 0 Å². The van der Waals surface area contributed by atoms with Crippen molar-refractivity contribution in [2.24, 2.45) is 0 Å². The third-order valence-corrected chi connectivity index (χ3v) is 2.36. The van der Waals surface area contributed by atoms with E-state index in [1.54, 1.807) is 12.4 Å². The van der Waals surface area contributed by atoms with Gasteiger partial charge in [0.1, 0.15) is 0 Å². The first-order valence-electron chi connectivity index (χ1n) is 4.54. The predicted molar refractivity (Wildman–Crippen MR) is 61.5 cm³/mol. The molecule has 0 aliphatic heterocycles. The van der Waals surface area contributed by atoms with Gasteiger partial charge in [-0.1, -0.05) is 29.8 Å². The fraction of sp³-hybridized carbons (Fsp3) is 0.0909. The van der Waals surface area contributed by atoms with Crippen molar-refractivity contribution in [3.05, 3.63) is 47.9 Å². The molecule has 0 unspecified atom stereocenters. The fourth-order valence-corrected chi connectivity index (χ4v) is 1.54. The SMILES string of the molecule is CN(c1ccccc1)c1nccnc1Cl. The summed E-state index contributed by atoms with van der Waals surface area (Å²) in [5, 5.41) is 0.406. The van der Waals surface area contributed by atoms with Crippen molar-refractivity contribution in [3.63, 3.8) is 0 Å². The lowest BCUT2D eigenvalue weighted by atomic mass is 10.3. The Hall–Kier alpha value is -1.61. The quantitative estimate of drug-likeness (QED) is 0.778. The first-order chi connectivity index (χ1) is 7.29. The maximum absolute atomic E-state index is 5.95. The second-order valence-corrected chi connectivity index (χ2v) is 3.42. The van der Waals surface area contributed by atoms with Crippen LogP contribution in [0.1, 0.15) is 0 Å². The topological polar surface area (TPSA) is 29.0 Å². The summed E-state index contributed by atoms with van der Waals surface area (Å²) in [7, 11) is 1.91. The van der Waals surface area contributed by atoms with Gasteiger partial charge in [-0.25, -0.2) is 9.97 Å². The molecule has 15 heavy (non-hydrogen) atoms. The minimum Gasteiger partial charge on any atom is -0.327 e. The van der Waals surface area contributed by atoms with E-state index in [1.807, 2.05) is 42.3 Å². The molecule has 0 saturated heterocycles. The second-order valence-electron chi connectivity index (χ2n) is 3.07. The standard InChI is InChI=1S/C11H10ClN3/c1-15(9-5-3-2-4-6-9)11-10(12)13-7-8-14-11/h2-8H,1H3. The Bertz CT molecular complexity index is 445. The van der Waals surface area contributed by atoms with Gasteiger partial charge in [-0.2, -0.15) is 0 Å². The van der Waals surface area contributed by atoms with Crippen molar-refractivity contribution >= 4 is 23.1 Å². The molecule has 76 valence electrons. The van der Waals surface area contributed by atoms with Crippen LogP contribution in [0.4, 0.5) is 11.5 Å². The predicted octanol–water partition coefficient (Wildman–Crippen LogP) is 2.90. The number of halogens is 1. The average Bonchev–Trinajstić information content (AvgIpc) is 2.30. The normalized spacial score (nSPS) is 10.0. The molecule has 0 saturated carbocycles. The third kappa shape index (κ3) is 2.07. The summed E-state index contributed by atoms with van der Waals surface area (Å²) in [5.74, 6) is 0.658. The van der Waals surface area contributed by atoms with E-state index in [0.29, 0.717) is 11.0 Å². The average molecular weight is 220 g/mol. The lowest BCUT2D eigenvalue weighted by Gasteiger charge is -2.18. The molecule has 0 bridgehead atoms. The van der Waals surface area contributed by atoms with Gasteiger partial charge >= 0.3 is 0 Å². The first kappa shape index (κ1) is 9.93. The molecule has 3 nitrogen and oxygen atoms in total. The van der Waals surface area contributed by atoms with Crippen LogP contribution in [-0.2, 0) is 0 Å². The molecule has 0 aliphatic rings. The molecule has 2 rings (SSSR count). The molecule has 4 heteroatoms. The number of aromatic nitrogens is 2. The van der Waals surface area contributed by atoms with Gasteiger partial charge in [0.15, 0.2) is 11.0 Å². The van der Waals surface area contributed by atoms with E-state index in [2.05, 4.69) is 9.97 Å². The van der Waals surface area contributed by atoms with Crippen LogP contribution in [0.5, 0.6) is 0 Å². The largest absolute Gasteiger partial charge is 0.327 e. The molecule has 0 aliphatic carbocycles. The number of nitrogens with zero attached hydrogens (tertiary/aromatic N) is 3. The van der Waals surface area contributed by atoms with Crippen LogP contribution in [0.15, 0.2) is 42.7 Å². The minimum atomic E-state index is 0.406. The molecule has 0 spiro atoms. The summed E-state index contributed by atoms with van der Waals surface area (Å²) in [4.78, 5) is 10.1. The Morgan fingerprint density at radius 1 is 1.07 bits per heavy atom. The molecule has 0 radical (unpaired) electrons. The van der Waals surface area contributed by atoms with Gasteiger partial charge in [0, 0.05) is 25.1 Å². The van der Waals surface area contributed by atoms with Crippen LogP contribution in [-0.4, -0.2) is 17.0 Å². The summed E-state index contributed by atoms with van der Waals surface area (Å²) in [6.45, 7) is 0. The minimum absolute atomic E-state index is 0.406. The first-order valence-corrected chi connectivity index (χ1v) is 4.92. The number of rotatable bonds is 2. The fourth-order valence-electron chi connectivity index (χ4n) is 1.31. The Morgan fingerprint density at radius 3 is 2.40 bits per heavy atom. The zero-order chi connectivity index (χ0) is 10.7. The van der Waals surface area contributed by atoms with Crippen LogP contribution in [0.3, 0.4) is 0 Å². The van der Waals surface area contributed by atoms with E-state index in [0.717, 1.165) is 5.69 Å². The number of hydrogen-bond donors (Lipinski definition) is 0. The van der Waals surface area contributed by atoms with Crippen molar-refractivity contribution in [1.82, 2.24) is 9.97 Å². The second kappa shape index (κ2) is 4.28. The lowest BCUT2D eigenvalue weighted by Crippen LogP contribution is -2.11. The Kier molecular flexibility index (Phi) is 2.83. The maximum Gasteiger partial charge on any atom is 0.172 e. The molecule has 1 aromatic heterocycles. The summed E-state index contributed by atoms with van der Waals surface area (Å²) >= 11 is 5.95. The van der Waals surface area contributed by atoms with Gasteiger partial charge in [-0.3, -0.25) is 0 Å². The van der Waals surface area contributed by atoms with Crippen LogP contribution < -0.4 is 4.90 Å². The van der Waals surface area contributed by atoms with Gasteiger partial charge in [0.2, 0.25) is 0 Å². The number of para-hydroxylation sites is 1. The number of anilines is 2. The number of benzene rings is 1. The Morgan fingerprint density at radius 2 is 1.73 bits per heavy atom. The lowest BCUT2D eigenvalue weighted by molar-refractivity contribution is 1.09. The van der Waals surface area contributed by atoms with Crippen molar-refractivity contribution in [3.8, 4) is 0 Å². The summed E-state index contributed by atoms with van der Waals surface area (Å²) < 4.78 is 0. The molecule has 0 atom stereocenters. The zero-order valence-electron chi connectivity index (χ0n) is 8.26. The monoisotopic (exact) mass is 219 g/mol. The summed E-state index contributed by atoms with van der Waals surface area (Å²) in [6.07, 6.45) is 3.20. The van der Waals surface area contributed by atoms with E-state index in [4.69, 9.17) is 11.6 Å². The van der Waals surface area contributed by atoms with Crippen LogP contribution in [0, 0.1) is 0 Å². The highest BCUT2D eigenvalue weighted by Crippen LogP contribution is 2.25. The van der Waals surface area contributed by atoms with Crippen molar-refractivity contribution in [2.75, 3.05) is 11.9 Å². The summed E-state index contributed by atoms with van der Waals surface area (Å²) in [5.41, 5.74) is 1.03. The number of hydrogen-bond acceptors (Lipinski definition) is 3. The van der Waals surface area contributed by atoms with Crippen molar-refractivity contribution in [2.45, 2.75) is 0 Å². The molecule has 0 fully saturated rings. The third-order valence-electron chi connectivity index (χ3n) is 2.10. The highest BCUT2D eigenvalue weighted by atomic mass is 35.5. The highest BCUT2D eigenvalue weighted by Gasteiger charge is 2.08. The molecular weight excluding hydrogens is 210 g/mol. The van der Waals surface area contributed by atoms with Gasteiger partial charge in [0.25, 0.3) is 0 Å².